The number of nitrogens with zero attached hydrogens (tertiary/aromatic N) is 4. The Labute approximate surface area is 217 Å². The third-order valence-electron chi connectivity index (χ3n) is 6.02. The number of benzene rings is 1. The molecule has 0 bridgehead atoms. The molecule has 0 aliphatic carbocycles. The number of hydrogen-bond acceptors (Lipinski definition) is 10. The maximum absolute atomic E-state index is 13.1. The molecule has 1 aromatic carbocycles. The molecule has 2 aromatic rings. The minimum absolute atomic E-state index is 0.0602. The van der Waals surface area contributed by atoms with Crippen LogP contribution in [-0.2, 0) is 37.0 Å². The van der Waals surface area contributed by atoms with E-state index in [9.17, 15) is 24.0 Å². The average molecular weight is 529 g/mol. The van der Waals surface area contributed by atoms with Crippen LogP contribution in [0, 0.1) is 0 Å². The number of carboxylic acids is 1. The van der Waals surface area contributed by atoms with Gasteiger partial charge in [0.05, 0.1) is 43.8 Å². The Kier molecular flexibility index (Phi) is 8.76. The van der Waals surface area contributed by atoms with Crippen LogP contribution < -0.4 is 10.6 Å². The number of fused-ring (bicyclic) bond motifs is 1. The highest BCUT2D eigenvalue weighted by atomic mass is 16.5. The predicted octanol–water partition coefficient (Wildman–Crippen LogP) is 0.189. The summed E-state index contributed by atoms with van der Waals surface area (Å²) in [5.41, 5.74) is 1.49. The zero-order valence-corrected chi connectivity index (χ0v) is 20.6. The summed E-state index contributed by atoms with van der Waals surface area (Å²) < 4.78 is 12.6. The van der Waals surface area contributed by atoms with Crippen molar-refractivity contribution in [1.29, 1.82) is 0 Å². The molecule has 14 nitrogen and oxygen atoms in total. The molecule has 2 aliphatic rings. The molecule has 202 valence electrons. The Balaban J connectivity index is 1.17. The van der Waals surface area contributed by atoms with E-state index < -0.39 is 35.6 Å². The molecule has 3 N–H and O–H groups in total. The normalized spacial score (nSPS) is 17.1. The third-order valence-corrected chi connectivity index (χ3v) is 6.02. The first-order valence-corrected chi connectivity index (χ1v) is 12.2. The van der Waals surface area contributed by atoms with E-state index in [2.05, 4.69) is 20.9 Å². The van der Waals surface area contributed by atoms with Gasteiger partial charge in [-0.2, -0.15) is 0 Å². The van der Waals surface area contributed by atoms with Crippen LogP contribution in [0.1, 0.15) is 52.1 Å². The predicted molar refractivity (Wildman–Crippen MR) is 129 cm³/mol. The molecule has 1 atom stereocenters. The summed E-state index contributed by atoms with van der Waals surface area (Å²) in [7, 11) is 0. The fourth-order valence-corrected chi connectivity index (χ4v) is 4.22. The standard InChI is InChI=1S/C24H28N6O8/c31-19-7-6-18(22(34)26-19)30-23(35)16-3-1-4-17(21(16)24(30)36)25-8-10-37-11-12-38-14-15-13-29(28-27-15)9-2-5-20(32)33/h1,3-4,13,18,25H,2,5-12,14H2,(H,32,33)(H,26,31,34). The number of amides is 4. The quantitative estimate of drug-likeness (QED) is 0.225. The van der Waals surface area contributed by atoms with Gasteiger partial charge in [0, 0.05) is 31.6 Å². The lowest BCUT2D eigenvalue weighted by molar-refractivity contribution is -0.138. The summed E-state index contributed by atoms with van der Waals surface area (Å²) >= 11 is 0. The first-order valence-electron chi connectivity index (χ1n) is 12.2. The van der Waals surface area contributed by atoms with Gasteiger partial charge in [-0.1, -0.05) is 11.3 Å². The Morgan fingerprint density at radius 2 is 1.95 bits per heavy atom. The Morgan fingerprint density at radius 3 is 2.74 bits per heavy atom. The minimum Gasteiger partial charge on any atom is -0.481 e. The summed E-state index contributed by atoms with van der Waals surface area (Å²) in [6.07, 6.45) is 2.40. The average Bonchev–Trinajstić information content (AvgIpc) is 3.43. The molecule has 14 heteroatoms. The smallest absolute Gasteiger partial charge is 0.303 e. The van der Waals surface area contributed by atoms with Crippen LogP contribution in [0.2, 0.25) is 0 Å². The van der Waals surface area contributed by atoms with E-state index in [0.717, 1.165) is 4.90 Å². The molecule has 1 saturated heterocycles. The second kappa shape index (κ2) is 12.4. The lowest BCUT2D eigenvalue weighted by Crippen LogP contribution is -2.54. The van der Waals surface area contributed by atoms with Crippen LogP contribution in [0.5, 0.6) is 0 Å². The van der Waals surface area contributed by atoms with Gasteiger partial charge >= 0.3 is 5.97 Å². The summed E-state index contributed by atoms with van der Waals surface area (Å²) in [4.78, 5) is 61.1. The number of piperidine rings is 1. The maximum atomic E-state index is 13.1. The van der Waals surface area contributed by atoms with Gasteiger partial charge in [-0.3, -0.25) is 38.9 Å². The number of aryl methyl sites for hydroxylation is 1. The van der Waals surface area contributed by atoms with Gasteiger partial charge in [0.2, 0.25) is 11.8 Å². The molecule has 4 amide bonds. The summed E-state index contributed by atoms with van der Waals surface area (Å²) in [5, 5.41) is 21.9. The number of nitrogens with one attached hydrogen (secondary N) is 2. The van der Waals surface area contributed by atoms with E-state index in [-0.39, 0.29) is 37.0 Å². The number of imide groups is 2. The number of hydrogen-bond donors (Lipinski definition) is 3. The first-order chi connectivity index (χ1) is 18.3. The number of carbonyl (C=O) groups excluding carboxylic acids is 4. The molecule has 0 spiro atoms. The van der Waals surface area contributed by atoms with E-state index in [4.69, 9.17) is 14.6 Å². The molecular weight excluding hydrogens is 500 g/mol. The van der Waals surface area contributed by atoms with Crippen LogP contribution in [0.15, 0.2) is 24.4 Å². The first kappa shape index (κ1) is 26.9. The van der Waals surface area contributed by atoms with Gasteiger partial charge in [0.25, 0.3) is 11.8 Å². The Morgan fingerprint density at radius 1 is 1.13 bits per heavy atom. The van der Waals surface area contributed by atoms with Gasteiger partial charge in [-0.15, -0.1) is 5.10 Å². The lowest BCUT2D eigenvalue weighted by Gasteiger charge is -2.27. The lowest BCUT2D eigenvalue weighted by atomic mass is 10.0. The van der Waals surface area contributed by atoms with Crippen molar-refractivity contribution in [2.45, 2.75) is 44.9 Å². The number of ether oxygens (including phenoxy) is 2. The topological polar surface area (TPSA) is 182 Å². The van der Waals surface area contributed by atoms with E-state index in [1.165, 1.54) is 6.07 Å². The fourth-order valence-electron chi connectivity index (χ4n) is 4.22. The molecule has 0 saturated carbocycles. The third kappa shape index (κ3) is 6.39. The van der Waals surface area contributed by atoms with Gasteiger partial charge in [0.1, 0.15) is 11.7 Å². The van der Waals surface area contributed by atoms with Crippen molar-refractivity contribution >= 4 is 35.3 Å². The van der Waals surface area contributed by atoms with Crippen molar-refractivity contribution in [2.75, 3.05) is 31.7 Å². The number of aliphatic carboxylic acids is 1. The second-order valence-electron chi connectivity index (χ2n) is 8.74. The molecule has 4 rings (SSSR count). The van der Waals surface area contributed by atoms with Crippen LogP contribution in [0.3, 0.4) is 0 Å². The molecular formula is C24H28N6O8. The number of aromatic nitrogens is 3. The van der Waals surface area contributed by atoms with Gasteiger partial charge in [0.15, 0.2) is 0 Å². The van der Waals surface area contributed by atoms with E-state index in [1.807, 2.05) is 0 Å². The van der Waals surface area contributed by atoms with Crippen molar-refractivity contribution in [1.82, 2.24) is 25.2 Å². The maximum Gasteiger partial charge on any atom is 0.303 e. The van der Waals surface area contributed by atoms with Gasteiger partial charge < -0.3 is 19.9 Å². The molecule has 1 unspecified atom stereocenters. The molecule has 1 fully saturated rings. The molecule has 38 heavy (non-hydrogen) atoms. The number of rotatable bonds is 14. The van der Waals surface area contributed by atoms with Crippen LogP contribution >= 0.6 is 0 Å². The van der Waals surface area contributed by atoms with Crippen molar-refractivity contribution in [3.63, 3.8) is 0 Å². The van der Waals surface area contributed by atoms with Crippen molar-refractivity contribution in [3.05, 3.63) is 41.2 Å². The van der Waals surface area contributed by atoms with Gasteiger partial charge in [-0.25, -0.2) is 0 Å². The van der Waals surface area contributed by atoms with Crippen molar-refractivity contribution in [3.8, 4) is 0 Å². The number of carboxylic acid groups (broad SMARTS) is 1. The van der Waals surface area contributed by atoms with Crippen LogP contribution in [0.25, 0.3) is 0 Å². The largest absolute Gasteiger partial charge is 0.481 e. The van der Waals surface area contributed by atoms with E-state index >= 15 is 0 Å². The van der Waals surface area contributed by atoms with Crippen molar-refractivity contribution in [2.24, 2.45) is 0 Å². The highest BCUT2D eigenvalue weighted by Gasteiger charge is 2.45. The van der Waals surface area contributed by atoms with Gasteiger partial charge in [-0.05, 0) is 25.0 Å². The molecule has 0 radical (unpaired) electrons. The number of anilines is 1. The van der Waals surface area contributed by atoms with Crippen LogP contribution in [0.4, 0.5) is 5.69 Å². The highest BCUT2D eigenvalue weighted by Crippen LogP contribution is 2.32. The zero-order valence-electron chi connectivity index (χ0n) is 20.6. The fraction of sp³-hybridized carbons (Fsp3) is 0.458. The van der Waals surface area contributed by atoms with Crippen molar-refractivity contribution < 1.29 is 38.6 Å². The highest BCUT2D eigenvalue weighted by molar-refractivity contribution is 6.25. The van der Waals surface area contributed by atoms with Crippen LogP contribution in [-0.4, -0.2) is 87.0 Å². The monoisotopic (exact) mass is 528 g/mol. The second-order valence-corrected chi connectivity index (χ2v) is 8.74. The Bertz CT molecular complexity index is 1230. The molecule has 1 aromatic heterocycles. The summed E-state index contributed by atoms with van der Waals surface area (Å²) in [6, 6.07) is 3.85. The van der Waals surface area contributed by atoms with E-state index in [0.29, 0.717) is 50.7 Å². The SMILES string of the molecule is O=C(O)CCCn1cc(COCCOCCNc2cccc3c2C(=O)N(C2CCC(=O)NC2=O)C3=O)nn1. The molecule has 2 aliphatic heterocycles. The molecule has 3 heterocycles. The summed E-state index contributed by atoms with van der Waals surface area (Å²) in [5.74, 6) is -3.06. The Hall–Kier alpha value is -4.17. The number of carbonyl (C=O) groups is 5. The minimum atomic E-state index is -1.02. The zero-order chi connectivity index (χ0) is 27.1. The summed E-state index contributed by atoms with van der Waals surface area (Å²) in [6.45, 7) is 2.03. The van der Waals surface area contributed by atoms with E-state index in [1.54, 1.807) is 23.0 Å².